The zero-order chi connectivity index (χ0) is 12.8. The van der Waals surface area contributed by atoms with Crippen LogP contribution in [0.1, 0.15) is 13.3 Å². The first-order valence-electron chi connectivity index (χ1n) is 5.69. The van der Waals surface area contributed by atoms with Crippen molar-refractivity contribution >= 4 is 5.97 Å². The van der Waals surface area contributed by atoms with Crippen molar-refractivity contribution in [3.63, 3.8) is 0 Å². The molecule has 0 aliphatic carbocycles. The van der Waals surface area contributed by atoms with Crippen molar-refractivity contribution in [2.75, 3.05) is 6.61 Å². The van der Waals surface area contributed by atoms with Crippen molar-refractivity contribution in [2.24, 2.45) is 0 Å². The first-order valence-corrected chi connectivity index (χ1v) is 5.69. The highest BCUT2D eigenvalue weighted by atomic mass is 16.5. The van der Waals surface area contributed by atoms with E-state index in [0.717, 1.165) is 11.3 Å². The number of aryl methyl sites for hydroxylation is 1. The summed E-state index contributed by atoms with van der Waals surface area (Å²) < 4.78 is 11.4. The maximum absolute atomic E-state index is 11.2. The van der Waals surface area contributed by atoms with Gasteiger partial charge in [-0.15, -0.1) is 0 Å². The summed E-state index contributed by atoms with van der Waals surface area (Å²) >= 11 is 0. The summed E-state index contributed by atoms with van der Waals surface area (Å²) in [6, 6.07) is 1.87. The number of carbonyl (C=O) groups is 1. The summed E-state index contributed by atoms with van der Waals surface area (Å²) in [5.74, 6) is -0.215. The predicted molar refractivity (Wildman–Crippen MR) is 61.2 cm³/mol. The minimum Gasteiger partial charge on any atom is -0.466 e. The number of esters is 1. The smallest absolute Gasteiger partial charge is 0.312 e. The van der Waals surface area contributed by atoms with Crippen LogP contribution in [0.4, 0.5) is 0 Å². The van der Waals surface area contributed by atoms with Crippen LogP contribution in [0.25, 0.3) is 11.3 Å². The van der Waals surface area contributed by atoms with Crippen molar-refractivity contribution in [3.8, 4) is 11.3 Å². The average molecular weight is 248 g/mol. The van der Waals surface area contributed by atoms with E-state index in [2.05, 4.69) is 10.1 Å². The van der Waals surface area contributed by atoms with Crippen molar-refractivity contribution in [3.05, 3.63) is 31.1 Å². The van der Waals surface area contributed by atoms with Gasteiger partial charge in [-0.25, -0.2) is 4.98 Å². The van der Waals surface area contributed by atoms with Crippen LogP contribution in [0.3, 0.4) is 0 Å². The van der Waals surface area contributed by atoms with Crippen molar-refractivity contribution in [1.29, 1.82) is 0 Å². The van der Waals surface area contributed by atoms with Gasteiger partial charge in [0.05, 0.1) is 6.61 Å². The minimum atomic E-state index is -0.215. The molecule has 0 fully saturated rings. The Morgan fingerprint density at radius 3 is 3.06 bits per heavy atom. The molecule has 0 radical (unpaired) electrons. The Bertz CT molecular complexity index is 494. The number of aromatic nitrogens is 3. The summed E-state index contributed by atoms with van der Waals surface area (Å²) in [7, 11) is 0. The van der Waals surface area contributed by atoms with Gasteiger partial charge in [-0.2, -0.15) is 0 Å². The van der Waals surface area contributed by atoms with Gasteiger partial charge in [0.15, 0.2) is 19.1 Å². The molecular formula is C12H14N3O3+. The highest BCUT2D eigenvalue weighted by Crippen LogP contribution is 2.13. The van der Waals surface area contributed by atoms with E-state index in [4.69, 9.17) is 9.15 Å². The van der Waals surface area contributed by atoms with E-state index in [-0.39, 0.29) is 5.97 Å². The predicted octanol–water partition coefficient (Wildman–Crippen LogP) is 0.977. The van der Waals surface area contributed by atoms with Gasteiger partial charge in [0.2, 0.25) is 0 Å². The molecule has 0 aliphatic heterocycles. The van der Waals surface area contributed by atoms with Crippen LogP contribution >= 0.6 is 0 Å². The van der Waals surface area contributed by atoms with E-state index in [0.29, 0.717) is 19.6 Å². The Hall–Kier alpha value is -2.24. The highest BCUT2D eigenvalue weighted by Gasteiger charge is 2.10. The lowest BCUT2D eigenvalue weighted by molar-refractivity contribution is -0.752. The molecule has 2 heterocycles. The highest BCUT2D eigenvalue weighted by molar-refractivity contribution is 5.68. The molecule has 0 aromatic carbocycles. The first-order chi connectivity index (χ1) is 8.79. The van der Waals surface area contributed by atoms with Crippen LogP contribution in [-0.2, 0) is 16.1 Å². The molecule has 2 aromatic heterocycles. The largest absolute Gasteiger partial charge is 0.466 e. The van der Waals surface area contributed by atoms with Crippen molar-refractivity contribution in [1.82, 2.24) is 10.1 Å². The molecule has 0 spiro atoms. The van der Waals surface area contributed by atoms with Gasteiger partial charge in [0.25, 0.3) is 0 Å². The van der Waals surface area contributed by atoms with Gasteiger partial charge in [0.1, 0.15) is 24.6 Å². The third kappa shape index (κ3) is 3.13. The Balaban J connectivity index is 1.94. The zero-order valence-corrected chi connectivity index (χ0v) is 10.1. The van der Waals surface area contributed by atoms with Crippen LogP contribution in [-0.4, -0.2) is 22.7 Å². The van der Waals surface area contributed by atoms with E-state index >= 15 is 0 Å². The second-order valence-corrected chi connectivity index (χ2v) is 3.61. The molecule has 0 saturated carbocycles. The maximum atomic E-state index is 11.2. The Labute approximate surface area is 104 Å². The third-order valence-electron chi connectivity index (χ3n) is 2.35. The fourth-order valence-electron chi connectivity index (χ4n) is 1.46. The summed E-state index contributed by atoms with van der Waals surface area (Å²) in [4.78, 5) is 15.2. The molecule has 18 heavy (non-hydrogen) atoms. The van der Waals surface area contributed by atoms with Crippen LogP contribution in [0, 0.1) is 0 Å². The number of hydrogen-bond acceptors (Lipinski definition) is 5. The summed E-state index contributed by atoms with van der Waals surface area (Å²) in [6.45, 7) is 2.69. The van der Waals surface area contributed by atoms with Crippen molar-refractivity contribution in [2.45, 2.75) is 19.9 Å². The molecule has 0 amide bonds. The molecule has 2 rings (SSSR count). The van der Waals surface area contributed by atoms with Crippen LogP contribution in [0.2, 0.25) is 0 Å². The second kappa shape index (κ2) is 5.90. The van der Waals surface area contributed by atoms with Crippen molar-refractivity contribution < 1.29 is 18.6 Å². The Morgan fingerprint density at radius 2 is 2.44 bits per heavy atom. The van der Waals surface area contributed by atoms with Gasteiger partial charge in [-0.05, 0) is 12.0 Å². The summed E-state index contributed by atoms with van der Waals surface area (Å²) in [5.41, 5.74) is 1.61. The van der Waals surface area contributed by atoms with E-state index in [9.17, 15) is 4.79 Å². The van der Waals surface area contributed by atoms with Crippen LogP contribution < -0.4 is 4.68 Å². The molecule has 0 unspecified atom stereocenters. The molecule has 0 atom stereocenters. The van der Waals surface area contributed by atoms with E-state index in [1.54, 1.807) is 30.3 Å². The topological polar surface area (TPSA) is 69.1 Å². The van der Waals surface area contributed by atoms with Gasteiger partial charge in [-0.1, -0.05) is 4.68 Å². The van der Waals surface area contributed by atoms with Gasteiger partial charge in [0, 0.05) is 11.6 Å². The van der Waals surface area contributed by atoms with E-state index in [1.807, 2.05) is 6.07 Å². The third-order valence-corrected chi connectivity index (χ3v) is 2.35. The SMILES string of the molecule is CCOC(=O)CC[n+]1ccc(-c2cocn2)cn1. The lowest BCUT2D eigenvalue weighted by Crippen LogP contribution is -2.38. The number of hydrogen-bond donors (Lipinski definition) is 0. The Morgan fingerprint density at radius 1 is 1.56 bits per heavy atom. The molecule has 2 aromatic rings. The van der Waals surface area contributed by atoms with Gasteiger partial charge in [-0.3, -0.25) is 4.79 Å². The quantitative estimate of drug-likeness (QED) is 0.582. The molecule has 6 nitrogen and oxygen atoms in total. The number of carbonyl (C=O) groups excluding carboxylic acids is 1. The standard InChI is InChI=1S/C12H14N3O3/c1-2-18-12(16)4-6-15-5-3-10(7-14-15)11-8-17-9-13-11/h3,5,7-9H,2,4,6H2,1H3/q+1. The lowest BCUT2D eigenvalue weighted by atomic mass is 10.2. The van der Waals surface area contributed by atoms with Gasteiger partial charge < -0.3 is 9.15 Å². The monoisotopic (exact) mass is 248 g/mol. The number of oxazole rings is 1. The number of rotatable bonds is 5. The molecule has 0 bridgehead atoms. The van der Waals surface area contributed by atoms with E-state index in [1.165, 1.54) is 6.39 Å². The fourth-order valence-corrected chi connectivity index (χ4v) is 1.46. The fraction of sp³-hybridized carbons (Fsp3) is 0.333. The van der Waals surface area contributed by atoms with E-state index < -0.39 is 0 Å². The van der Waals surface area contributed by atoms with Crippen LogP contribution in [0.15, 0.2) is 35.5 Å². The normalized spacial score (nSPS) is 10.3. The maximum Gasteiger partial charge on any atom is 0.312 e. The summed E-state index contributed by atoms with van der Waals surface area (Å²) in [6.07, 6.45) is 6.72. The van der Waals surface area contributed by atoms with Crippen LogP contribution in [0.5, 0.6) is 0 Å². The van der Waals surface area contributed by atoms with Gasteiger partial charge >= 0.3 is 5.97 Å². The second-order valence-electron chi connectivity index (χ2n) is 3.61. The first kappa shape index (κ1) is 12.2. The molecule has 0 aliphatic rings. The number of ether oxygens (including phenoxy) is 1. The molecule has 0 N–H and O–H groups in total. The summed E-state index contributed by atoms with van der Waals surface area (Å²) in [5, 5.41) is 4.19. The molecule has 6 heteroatoms. The molecule has 0 saturated heterocycles. The lowest BCUT2D eigenvalue weighted by Gasteiger charge is -1.98. The average Bonchev–Trinajstić information content (AvgIpc) is 2.91. The molecular weight excluding hydrogens is 234 g/mol. The Kier molecular flexibility index (Phi) is 4.01. The molecule has 94 valence electrons. The number of nitrogens with zero attached hydrogens (tertiary/aromatic N) is 3. The zero-order valence-electron chi connectivity index (χ0n) is 10.1. The minimum absolute atomic E-state index is 0.215.